The number of hydrogen-bond donors (Lipinski definition) is 0. The summed E-state index contributed by atoms with van der Waals surface area (Å²) >= 11 is 0. The maximum Gasteiger partial charge on any atom is 0.343 e. The standard InChI is InChI=1S/C48H81NO5/c1-4-7-10-13-16-19-22-25-28-31-38-51-45-41-43(48(50)54-44-34-36-49-37-35-44)42-46(52-39-32-29-26-23-20-17-14-11-8-5-2)47(45)53-40-33-30-27-24-21-18-15-12-9-6-3/h34-37,41-42H,4-33,38-40H2,1-3H3. The van der Waals surface area contributed by atoms with Gasteiger partial charge in [-0.05, 0) is 43.5 Å². The Labute approximate surface area is 332 Å². The molecule has 6 heteroatoms. The van der Waals surface area contributed by atoms with Crippen LogP contribution in [0.25, 0.3) is 0 Å². The first-order chi connectivity index (χ1) is 26.7. The third-order valence-corrected chi connectivity index (χ3v) is 10.4. The molecule has 0 N–H and O–H groups in total. The third-order valence-electron chi connectivity index (χ3n) is 10.4. The molecule has 2 aromatic rings. The minimum absolute atomic E-state index is 0.397. The number of carbonyl (C=O) groups excluding carboxylic acids is 1. The van der Waals surface area contributed by atoms with Gasteiger partial charge in [-0.2, -0.15) is 0 Å². The maximum absolute atomic E-state index is 13.4. The fourth-order valence-electron chi connectivity index (χ4n) is 6.93. The zero-order chi connectivity index (χ0) is 38.6. The maximum atomic E-state index is 13.4. The highest BCUT2D eigenvalue weighted by atomic mass is 16.5. The minimum Gasteiger partial charge on any atom is -0.490 e. The predicted octanol–water partition coefficient (Wildman–Crippen LogP) is 15.2. The molecule has 0 bridgehead atoms. The number of aromatic nitrogens is 1. The molecule has 0 radical (unpaired) electrons. The van der Waals surface area contributed by atoms with E-state index < -0.39 is 5.97 Å². The van der Waals surface area contributed by atoms with Crippen molar-refractivity contribution in [3.63, 3.8) is 0 Å². The SMILES string of the molecule is CCCCCCCCCCCCOc1cc(C(=O)Oc2ccncc2)cc(OCCCCCCCCCCCC)c1OCCCCCCCCCCCC. The van der Waals surface area contributed by atoms with Gasteiger partial charge in [-0.3, -0.25) is 4.98 Å². The highest BCUT2D eigenvalue weighted by molar-refractivity contribution is 5.92. The molecular formula is C48H81NO5. The first-order valence-corrected chi connectivity index (χ1v) is 22.9. The van der Waals surface area contributed by atoms with E-state index in [0.29, 0.717) is 48.4 Å². The van der Waals surface area contributed by atoms with Crippen molar-refractivity contribution < 1.29 is 23.7 Å². The van der Waals surface area contributed by atoms with E-state index in [0.717, 1.165) is 38.5 Å². The lowest BCUT2D eigenvalue weighted by atomic mass is 10.1. The van der Waals surface area contributed by atoms with Crippen molar-refractivity contribution in [2.45, 2.75) is 213 Å². The summed E-state index contributed by atoms with van der Waals surface area (Å²) in [7, 11) is 0. The van der Waals surface area contributed by atoms with Crippen LogP contribution in [0.2, 0.25) is 0 Å². The van der Waals surface area contributed by atoms with Gasteiger partial charge in [0.15, 0.2) is 11.5 Å². The fourth-order valence-corrected chi connectivity index (χ4v) is 6.93. The van der Waals surface area contributed by atoms with Crippen LogP contribution in [0.15, 0.2) is 36.7 Å². The molecule has 1 aromatic carbocycles. The Kier molecular flexibility index (Phi) is 30.5. The second-order valence-corrected chi connectivity index (χ2v) is 15.5. The van der Waals surface area contributed by atoms with E-state index in [2.05, 4.69) is 25.8 Å². The predicted molar refractivity (Wildman–Crippen MR) is 228 cm³/mol. The number of nitrogens with zero attached hydrogens (tertiary/aromatic N) is 1. The lowest BCUT2D eigenvalue weighted by Crippen LogP contribution is -2.12. The van der Waals surface area contributed by atoms with Crippen molar-refractivity contribution in [1.29, 1.82) is 0 Å². The Balaban J connectivity index is 2.02. The molecule has 54 heavy (non-hydrogen) atoms. The van der Waals surface area contributed by atoms with Gasteiger partial charge < -0.3 is 18.9 Å². The molecule has 0 aliphatic carbocycles. The van der Waals surface area contributed by atoms with Gasteiger partial charge in [0, 0.05) is 12.4 Å². The van der Waals surface area contributed by atoms with E-state index in [4.69, 9.17) is 18.9 Å². The van der Waals surface area contributed by atoms with Gasteiger partial charge in [-0.1, -0.05) is 194 Å². The summed E-state index contributed by atoms with van der Waals surface area (Å²) in [5, 5.41) is 0. The summed E-state index contributed by atoms with van der Waals surface area (Å²) < 4.78 is 25.0. The van der Waals surface area contributed by atoms with Gasteiger partial charge in [0.05, 0.1) is 25.4 Å². The Morgan fingerprint density at radius 2 is 0.759 bits per heavy atom. The van der Waals surface area contributed by atoms with E-state index in [1.807, 2.05) is 0 Å². The number of benzene rings is 1. The van der Waals surface area contributed by atoms with Crippen molar-refractivity contribution in [2.75, 3.05) is 19.8 Å². The molecule has 0 aliphatic heterocycles. The van der Waals surface area contributed by atoms with E-state index in [1.165, 1.54) is 154 Å². The summed E-state index contributed by atoms with van der Waals surface area (Å²) in [6.45, 7) is 8.57. The Bertz CT molecular complexity index is 1090. The lowest BCUT2D eigenvalue weighted by molar-refractivity contribution is 0.0733. The summed E-state index contributed by atoms with van der Waals surface area (Å²) in [5.74, 6) is 1.76. The molecule has 0 unspecified atom stereocenters. The van der Waals surface area contributed by atoms with Crippen LogP contribution in [0.3, 0.4) is 0 Å². The highest BCUT2D eigenvalue weighted by Gasteiger charge is 2.20. The van der Waals surface area contributed by atoms with Gasteiger partial charge in [-0.15, -0.1) is 0 Å². The first-order valence-electron chi connectivity index (χ1n) is 22.9. The zero-order valence-corrected chi connectivity index (χ0v) is 35.3. The molecule has 0 fully saturated rings. The average Bonchev–Trinajstić information content (AvgIpc) is 3.18. The van der Waals surface area contributed by atoms with E-state index in [-0.39, 0.29) is 0 Å². The molecule has 308 valence electrons. The first kappa shape index (κ1) is 47.4. The molecule has 0 amide bonds. The Morgan fingerprint density at radius 3 is 1.11 bits per heavy atom. The van der Waals surface area contributed by atoms with Crippen LogP contribution in [0, 0.1) is 0 Å². The molecule has 0 spiro atoms. The van der Waals surface area contributed by atoms with Crippen molar-refractivity contribution in [3.8, 4) is 23.0 Å². The van der Waals surface area contributed by atoms with Gasteiger partial charge >= 0.3 is 5.97 Å². The topological polar surface area (TPSA) is 66.9 Å². The van der Waals surface area contributed by atoms with Crippen LogP contribution >= 0.6 is 0 Å². The number of ether oxygens (including phenoxy) is 4. The molecule has 1 aromatic heterocycles. The number of hydrogen-bond acceptors (Lipinski definition) is 6. The van der Waals surface area contributed by atoms with Crippen molar-refractivity contribution in [1.82, 2.24) is 4.98 Å². The summed E-state index contributed by atoms with van der Waals surface area (Å²) in [5.41, 5.74) is 0.397. The summed E-state index contributed by atoms with van der Waals surface area (Å²) in [6.07, 6.45) is 41.3. The quantitative estimate of drug-likeness (QED) is 0.0503. The fraction of sp³-hybridized carbons (Fsp3) is 0.750. The van der Waals surface area contributed by atoms with Gasteiger partial charge in [-0.25, -0.2) is 4.79 Å². The number of rotatable bonds is 38. The summed E-state index contributed by atoms with van der Waals surface area (Å²) in [4.78, 5) is 17.5. The van der Waals surface area contributed by atoms with E-state index >= 15 is 0 Å². The molecule has 0 saturated heterocycles. The molecule has 1 heterocycles. The lowest BCUT2D eigenvalue weighted by Gasteiger charge is -2.19. The van der Waals surface area contributed by atoms with Crippen molar-refractivity contribution >= 4 is 5.97 Å². The van der Waals surface area contributed by atoms with E-state index in [1.54, 1.807) is 36.7 Å². The van der Waals surface area contributed by atoms with Gasteiger partial charge in [0.1, 0.15) is 5.75 Å². The second-order valence-electron chi connectivity index (χ2n) is 15.5. The normalized spacial score (nSPS) is 11.2. The second kappa shape index (κ2) is 34.7. The molecule has 6 nitrogen and oxygen atoms in total. The van der Waals surface area contributed by atoms with Crippen LogP contribution < -0.4 is 18.9 Å². The third kappa shape index (κ3) is 24.6. The molecule has 0 atom stereocenters. The van der Waals surface area contributed by atoms with Crippen LogP contribution in [0.1, 0.15) is 224 Å². The molecule has 2 rings (SSSR count). The van der Waals surface area contributed by atoms with E-state index in [9.17, 15) is 4.79 Å². The monoisotopic (exact) mass is 752 g/mol. The molecule has 0 saturated carbocycles. The average molecular weight is 752 g/mol. The van der Waals surface area contributed by atoms with Gasteiger partial charge in [0.2, 0.25) is 5.75 Å². The highest BCUT2D eigenvalue weighted by Crippen LogP contribution is 2.40. The number of unbranched alkanes of at least 4 members (excludes halogenated alkanes) is 27. The molecular weight excluding hydrogens is 671 g/mol. The van der Waals surface area contributed by atoms with Crippen LogP contribution in [-0.4, -0.2) is 30.8 Å². The Hall–Kier alpha value is -2.76. The van der Waals surface area contributed by atoms with Crippen LogP contribution in [-0.2, 0) is 0 Å². The largest absolute Gasteiger partial charge is 0.490 e. The number of carbonyl (C=O) groups is 1. The zero-order valence-electron chi connectivity index (χ0n) is 35.3. The minimum atomic E-state index is -0.449. The summed E-state index contributed by atoms with van der Waals surface area (Å²) in [6, 6.07) is 6.93. The van der Waals surface area contributed by atoms with Crippen molar-refractivity contribution in [3.05, 3.63) is 42.2 Å². The van der Waals surface area contributed by atoms with Gasteiger partial charge in [0.25, 0.3) is 0 Å². The van der Waals surface area contributed by atoms with Crippen LogP contribution in [0.5, 0.6) is 23.0 Å². The van der Waals surface area contributed by atoms with Crippen LogP contribution in [0.4, 0.5) is 0 Å². The Morgan fingerprint density at radius 1 is 0.444 bits per heavy atom. The smallest absolute Gasteiger partial charge is 0.343 e. The molecule has 0 aliphatic rings. The van der Waals surface area contributed by atoms with Crippen molar-refractivity contribution in [2.24, 2.45) is 0 Å². The number of pyridine rings is 1. The number of esters is 1.